The normalized spacial score (nSPS) is 10.3. The Hall–Kier alpha value is -1.51. The first-order valence-corrected chi connectivity index (χ1v) is 7.70. The molecule has 0 aliphatic heterocycles. The topological polar surface area (TPSA) is 35.5 Å². The number of carbonyl (C=O) groups is 1. The third-order valence-electron chi connectivity index (χ3n) is 3.26. The molecule has 0 saturated heterocycles. The van der Waals surface area contributed by atoms with Crippen LogP contribution in [0.25, 0.3) is 0 Å². The van der Waals surface area contributed by atoms with Crippen molar-refractivity contribution in [3.8, 4) is 5.75 Å². The fraction of sp³-hybridized carbons (Fsp3) is 0.588. The largest absolute Gasteiger partial charge is 0.513 e. The summed E-state index contributed by atoms with van der Waals surface area (Å²) in [7, 11) is 0. The molecule has 0 heterocycles. The predicted molar refractivity (Wildman–Crippen MR) is 81.2 cm³/mol. The molecule has 0 spiro atoms. The van der Waals surface area contributed by atoms with Crippen molar-refractivity contribution in [3.05, 3.63) is 29.8 Å². The van der Waals surface area contributed by atoms with Crippen molar-refractivity contribution >= 4 is 6.16 Å². The van der Waals surface area contributed by atoms with E-state index in [4.69, 9.17) is 9.47 Å². The third-order valence-corrected chi connectivity index (χ3v) is 3.26. The van der Waals surface area contributed by atoms with Crippen LogP contribution in [-0.2, 0) is 11.2 Å². The van der Waals surface area contributed by atoms with Crippen LogP contribution < -0.4 is 4.74 Å². The molecule has 0 saturated carbocycles. The summed E-state index contributed by atoms with van der Waals surface area (Å²) in [6.45, 7) is 4.68. The molecule has 3 nitrogen and oxygen atoms in total. The standard InChI is InChI=1S/C17H26O3/c1-3-5-6-7-8-11-14-19-17(18)20-16-13-10-9-12-15(16)4-2/h9-10,12-13H,3-8,11,14H2,1-2H3. The van der Waals surface area contributed by atoms with E-state index < -0.39 is 6.16 Å². The molecule has 0 aliphatic rings. The van der Waals surface area contributed by atoms with Gasteiger partial charge in [-0.15, -0.1) is 0 Å². The number of aryl methyl sites for hydroxylation is 1. The number of benzene rings is 1. The van der Waals surface area contributed by atoms with Crippen LogP contribution in [0.5, 0.6) is 5.75 Å². The molecule has 0 amide bonds. The van der Waals surface area contributed by atoms with Crippen LogP contribution >= 0.6 is 0 Å². The van der Waals surface area contributed by atoms with Crippen LogP contribution in [0.2, 0.25) is 0 Å². The number of para-hydroxylation sites is 1. The van der Waals surface area contributed by atoms with Crippen molar-refractivity contribution in [2.75, 3.05) is 6.61 Å². The molecular formula is C17H26O3. The van der Waals surface area contributed by atoms with Crippen LogP contribution in [0.4, 0.5) is 4.79 Å². The average Bonchev–Trinajstić information content (AvgIpc) is 2.47. The van der Waals surface area contributed by atoms with E-state index in [1.165, 1.54) is 25.7 Å². The molecule has 0 bridgehead atoms. The lowest BCUT2D eigenvalue weighted by Crippen LogP contribution is -2.12. The summed E-state index contributed by atoms with van der Waals surface area (Å²) in [5.74, 6) is 0.600. The summed E-state index contributed by atoms with van der Waals surface area (Å²) in [5, 5.41) is 0. The molecule has 112 valence electrons. The van der Waals surface area contributed by atoms with Crippen molar-refractivity contribution in [1.29, 1.82) is 0 Å². The van der Waals surface area contributed by atoms with Crippen LogP contribution in [-0.4, -0.2) is 12.8 Å². The summed E-state index contributed by atoms with van der Waals surface area (Å²) in [5.41, 5.74) is 1.02. The minimum absolute atomic E-state index is 0.444. The molecule has 1 aromatic rings. The molecule has 20 heavy (non-hydrogen) atoms. The molecule has 1 rings (SSSR count). The molecule has 0 N–H and O–H groups in total. The molecule has 0 atom stereocenters. The Morgan fingerprint density at radius 1 is 1.00 bits per heavy atom. The molecule has 0 fully saturated rings. The van der Waals surface area contributed by atoms with Gasteiger partial charge in [0.05, 0.1) is 6.61 Å². The van der Waals surface area contributed by atoms with Crippen molar-refractivity contribution in [1.82, 2.24) is 0 Å². The van der Waals surface area contributed by atoms with Gasteiger partial charge in [0.1, 0.15) is 5.75 Å². The smallest absolute Gasteiger partial charge is 0.434 e. The van der Waals surface area contributed by atoms with Crippen LogP contribution in [0.15, 0.2) is 24.3 Å². The van der Waals surface area contributed by atoms with Gasteiger partial charge in [-0.2, -0.15) is 0 Å². The van der Waals surface area contributed by atoms with Gasteiger partial charge in [0.15, 0.2) is 0 Å². The number of carbonyl (C=O) groups excluding carboxylic acids is 1. The Balaban J connectivity index is 2.17. The average molecular weight is 278 g/mol. The summed E-state index contributed by atoms with van der Waals surface area (Å²) in [4.78, 5) is 11.6. The molecule has 0 radical (unpaired) electrons. The molecular weight excluding hydrogens is 252 g/mol. The minimum Gasteiger partial charge on any atom is -0.434 e. The monoisotopic (exact) mass is 278 g/mol. The highest BCUT2D eigenvalue weighted by Gasteiger charge is 2.08. The first kappa shape index (κ1) is 16.5. The fourth-order valence-electron chi connectivity index (χ4n) is 2.05. The summed E-state index contributed by atoms with van der Waals surface area (Å²) in [6, 6.07) is 7.55. The highest BCUT2D eigenvalue weighted by molar-refractivity contribution is 5.64. The van der Waals surface area contributed by atoms with Crippen LogP contribution in [0.1, 0.15) is 57.9 Å². The predicted octanol–water partition coefficient (Wildman–Crippen LogP) is 5.12. The van der Waals surface area contributed by atoms with Crippen LogP contribution in [0.3, 0.4) is 0 Å². The van der Waals surface area contributed by atoms with Gasteiger partial charge >= 0.3 is 6.16 Å². The Morgan fingerprint density at radius 2 is 1.70 bits per heavy atom. The lowest BCUT2D eigenvalue weighted by molar-refractivity contribution is 0.0969. The number of rotatable bonds is 9. The van der Waals surface area contributed by atoms with Crippen molar-refractivity contribution in [2.24, 2.45) is 0 Å². The minimum atomic E-state index is -0.598. The van der Waals surface area contributed by atoms with E-state index in [9.17, 15) is 4.79 Å². The Bertz CT molecular complexity index is 388. The Labute approximate surface area is 122 Å². The zero-order chi connectivity index (χ0) is 14.6. The van der Waals surface area contributed by atoms with Gasteiger partial charge in [0.25, 0.3) is 0 Å². The van der Waals surface area contributed by atoms with Crippen molar-refractivity contribution < 1.29 is 14.3 Å². The quantitative estimate of drug-likeness (QED) is 0.357. The number of hydrogen-bond acceptors (Lipinski definition) is 3. The highest BCUT2D eigenvalue weighted by atomic mass is 16.7. The summed E-state index contributed by atoms with van der Waals surface area (Å²) >= 11 is 0. The highest BCUT2D eigenvalue weighted by Crippen LogP contribution is 2.18. The maximum atomic E-state index is 11.6. The zero-order valence-corrected chi connectivity index (χ0v) is 12.7. The number of hydrogen-bond donors (Lipinski definition) is 0. The maximum absolute atomic E-state index is 11.6. The lowest BCUT2D eigenvalue weighted by Gasteiger charge is -2.08. The van der Waals surface area contributed by atoms with E-state index in [0.29, 0.717) is 12.4 Å². The van der Waals surface area contributed by atoms with Gasteiger partial charge in [-0.1, -0.05) is 64.2 Å². The molecule has 0 aliphatic carbocycles. The summed E-state index contributed by atoms with van der Waals surface area (Å²) in [6.07, 6.45) is 7.28. The van der Waals surface area contributed by atoms with Gasteiger partial charge in [0, 0.05) is 0 Å². The molecule has 0 aromatic heterocycles. The Kier molecular flexibility index (Phi) is 8.52. The van der Waals surface area contributed by atoms with Gasteiger partial charge < -0.3 is 9.47 Å². The second-order valence-corrected chi connectivity index (χ2v) is 4.93. The third kappa shape index (κ3) is 6.60. The van der Waals surface area contributed by atoms with E-state index in [1.807, 2.05) is 25.1 Å². The van der Waals surface area contributed by atoms with Gasteiger partial charge in [-0.05, 0) is 24.5 Å². The molecule has 0 unspecified atom stereocenters. The van der Waals surface area contributed by atoms with Crippen molar-refractivity contribution in [3.63, 3.8) is 0 Å². The van der Waals surface area contributed by atoms with Gasteiger partial charge in [-0.25, -0.2) is 4.79 Å². The number of unbranched alkanes of at least 4 members (excludes halogenated alkanes) is 5. The first-order valence-electron chi connectivity index (χ1n) is 7.70. The van der Waals surface area contributed by atoms with Gasteiger partial charge in [0.2, 0.25) is 0 Å². The zero-order valence-electron chi connectivity index (χ0n) is 12.7. The lowest BCUT2D eigenvalue weighted by atomic mass is 10.1. The van der Waals surface area contributed by atoms with Crippen molar-refractivity contribution in [2.45, 2.75) is 58.8 Å². The second-order valence-electron chi connectivity index (χ2n) is 4.93. The van der Waals surface area contributed by atoms with E-state index in [2.05, 4.69) is 6.92 Å². The summed E-state index contributed by atoms with van der Waals surface area (Å²) < 4.78 is 10.3. The number of ether oxygens (including phenoxy) is 2. The Morgan fingerprint density at radius 3 is 2.45 bits per heavy atom. The van der Waals surface area contributed by atoms with Gasteiger partial charge in [-0.3, -0.25) is 0 Å². The van der Waals surface area contributed by atoms with Crippen LogP contribution in [0, 0.1) is 0 Å². The van der Waals surface area contributed by atoms with E-state index in [-0.39, 0.29) is 0 Å². The molecule has 1 aromatic carbocycles. The maximum Gasteiger partial charge on any atom is 0.513 e. The second kappa shape index (κ2) is 10.3. The first-order chi connectivity index (χ1) is 9.77. The van der Waals surface area contributed by atoms with E-state index in [0.717, 1.165) is 24.8 Å². The van der Waals surface area contributed by atoms with E-state index >= 15 is 0 Å². The molecule has 3 heteroatoms. The SMILES string of the molecule is CCCCCCCCOC(=O)Oc1ccccc1CC. The fourth-order valence-corrected chi connectivity index (χ4v) is 2.05. The van der Waals surface area contributed by atoms with E-state index in [1.54, 1.807) is 6.07 Å².